The lowest BCUT2D eigenvalue weighted by molar-refractivity contribution is -0.265. The van der Waals surface area contributed by atoms with Crippen molar-refractivity contribution < 1.29 is 51.6 Å². The summed E-state index contributed by atoms with van der Waals surface area (Å²) in [6.07, 6.45) is -5.39. The maximum absolute atomic E-state index is 14.9. The number of aliphatic hydroxyl groups excluding tert-OH is 1. The number of halogens is 4. The van der Waals surface area contributed by atoms with Crippen molar-refractivity contribution in [2.24, 2.45) is 0 Å². The number of ether oxygens (including phenoxy) is 3. The Kier molecular flexibility index (Phi) is 9.59. The summed E-state index contributed by atoms with van der Waals surface area (Å²) in [4.78, 5) is 30.8. The summed E-state index contributed by atoms with van der Waals surface area (Å²) in [6.45, 7) is -0.522. The van der Waals surface area contributed by atoms with Crippen LogP contribution < -0.4 is 24.8 Å². The molecule has 2 amide bonds. The SMILES string of the molecule is COc1cc(C(=O)NCC(O)(c2cc3c(c(-c4ccc(F)cc4)n2)OC[C@]3(C)C(=O)Nc2ccccc2)C(F)(F)F)ccc1OCCO. The van der Waals surface area contributed by atoms with Crippen molar-refractivity contribution in [2.75, 3.05) is 38.8 Å². The van der Waals surface area contributed by atoms with Crippen LogP contribution in [-0.4, -0.2) is 66.7 Å². The molecule has 4 aromatic rings. The Morgan fingerprint density at radius 1 is 1.02 bits per heavy atom. The predicted molar refractivity (Wildman–Crippen MR) is 165 cm³/mol. The number of anilines is 1. The van der Waals surface area contributed by atoms with Crippen molar-refractivity contribution in [1.29, 1.82) is 0 Å². The Labute approximate surface area is 272 Å². The van der Waals surface area contributed by atoms with Gasteiger partial charge in [-0.3, -0.25) is 9.59 Å². The maximum Gasteiger partial charge on any atom is 0.424 e. The normalized spacial score (nSPS) is 16.7. The van der Waals surface area contributed by atoms with Gasteiger partial charge in [0.2, 0.25) is 11.5 Å². The van der Waals surface area contributed by atoms with Crippen LogP contribution in [0.15, 0.2) is 78.9 Å². The number of hydrogen-bond acceptors (Lipinski definition) is 8. The van der Waals surface area contributed by atoms with Gasteiger partial charge in [-0.2, -0.15) is 13.2 Å². The van der Waals surface area contributed by atoms with E-state index >= 15 is 0 Å². The van der Waals surface area contributed by atoms with Crippen LogP contribution in [0.1, 0.15) is 28.5 Å². The summed E-state index contributed by atoms with van der Waals surface area (Å²) in [5.41, 5.74) is -5.93. The van der Waals surface area contributed by atoms with Gasteiger partial charge in [0.1, 0.15) is 35.9 Å². The average molecular weight is 670 g/mol. The van der Waals surface area contributed by atoms with E-state index < -0.39 is 47.1 Å². The lowest BCUT2D eigenvalue weighted by atomic mass is 9.81. The van der Waals surface area contributed by atoms with E-state index in [-0.39, 0.29) is 59.5 Å². The second-order valence-electron chi connectivity index (χ2n) is 11.2. The van der Waals surface area contributed by atoms with Crippen molar-refractivity contribution in [3.63, 3.8) is 0 Å². The molecule has 1 aliphatic heterocycles. The first kappa shape index (κ1) is 34.1. The van der Waals surface area contributed by atoms with Gasteiger partial charge in [0.15, 0.2) is 11.5 Å². The van der Waals surface area contributed by atoms with E-state index in [1.807, 2.05) is 0 Å². The molecule has 1 aliphatic rings. The smallest absolute Gasteiger partial charge is 0.424 e. The molecular formula is C34H31F4N3O7. The molecule has 1 aromatic heterocycles. The van der Waals surface area contributed by atoms with Gasteiger partial charge in [0.05, 0.1) is 26.0 Å². The molecule has 14 heteroatoms. The molecule has 0 aliphatic carbocycles. The maximum atomic E-state index is 14.9. The highest BCUT2D eigenvalue weighted by Crippen LogP contribution is 2.48. The minimum atomic E-state index is -5.39. The zero-order valence-corrected chi connectivity index (χ0v) is 25.7. The Morgan fingerprint density at radius 3 is 2.38 bits per heavy atom. The fourth-order valence-corrected chi connectivity index (χ4v) is 5.11. The third-order valence-electron chi connectivity index (χ3n) is 7.90. The van der Waals surface area contributed by atoms with Crippen LogP contribution in [-0.2, 0) is 15.8 Å². The number of amides is 2. The van der Waals surface area contributed by atoms with Gasteiger partial charge in [0.25, 0.3) is 5.91 Å². The molecule has 0 radical (unpaired) electrons. The van der Waals surface area contributed by atoms with Gasteiger partial charge in [0, 0.05) is 22.4 Å². The van der Waals surface area contributed by atoms with Crippen LogP contribution in [0, 0.1) is 5.82 Å². The molecule has 252 valence electrons. The number of benzene rings is 3. The molecule has 2 atom stereocenters. The van der Waals surface area contributed by atoms with Crippen LogP contribution in [0.4, 0.5) is 23.2 Å². The molecule has 3 aromatic carbocycles. The first-order valence-electron chi connectivity index (χ1n) is 14.6. The van der Waals surface area contributed by atoms with E-state index in [9.17, 15) is 32.3 Å². The summed E-state index contributed by atoms with van der Waals surface area (Å²) in [6, 6.07) is 17.9. The van der Waals surface area contributed by atoms with Crippen molar-refractivity contribution in [3.8, 4) is 28.5 Å². The summed E-state index contributed by atoms with van der Waals surface area (Å²) in [5, 5.41) is 25.2. The highest BCUT2D eigenvalue weighted by atomic mass is 19.4. The van der Waals surface area contributed by atoms with Crippen molar-refractivity contribution in [2.45, 2.75) is 24.1 Å². The number of nitrogens with zero attached hydrogens (tertiary/aromatic N) is 1. The van der Waals surface area contributed by atoms with E-state index in [4.69, 9.17) is 19.3 Å². The van der Waals surface area contributed by atoms with Crippen molar-refractivity contribution >= 4 is 17.5 Å². The van der Waals surface area contributed by atoms with E-state index in [1.54, 1.807) is 30.3 Å². The Balaban J connectivity index is 1.55. The summed E-state index contributed by atoms with van der Waals surface area (Å²) in [7, 11) is 1.29. The molecule has 0 saturated carbocycles. The van der Waals surface area contributed by atoms with Crippen LogP contribution in [0.3, 0.4) is 0 Å². The molecular weight excluding hydrogens is 638 g/mol. The number of para-hydroxylation sites is 1. The highest BCUT2D eigenvalue weighted by molar-refractivity contribution is 6.00. The number of aromatic nitrogens is 1. The van der Waals surface area contributed by atoms with Gasteiger partial charge in [-0.15, -0.1) is 0 Å². The van der Waals surface area contributed by atoms with Gasteiger partial charge < -0.3 is 35.1 Å². The molecule has 0 saturated heterocycles. The van der Waals surface area contributed by atoms with Crippen LogP contribution in [0.2, 0.25) is 0 Å². The van der Waals surface area contributed by atoms with Crippen molar-refractivity contribution in [3.05, 3.63) is 102 Å². The predicted octanol–water partition coefficient (Wildman–Crippen LogP) is 4.74. The summed E-state index contributed by atoms with van der Waals surface area (Å²) >= 11 is 0. The summed E-state index contributed by atoms with van der Waals surface area (Å²) < 4.78 is 74.8. The number of aliphatic hydroxyl groups is 2. The lowest BCUT2D eigenvalue weighted by Gasteiger charge is -2.31. The van der Waals surface area contributed by atoms with Crippen LogP contribution >= 0.6 is 0 Å². The topological polar surface area (TPSA) is 139 Å². The Morgan fingerprint density at radius 2 is 1.73 bits per heavy atom. The first-order valence-corrected chi connectivity index (χ1v) is 14.6. The van der Waals surface area contributed by atoms with Gasteiger partial charge >= 0.3 is 6.18 Å². The van der Waals surface area contributed by atoms with Gasteiger partial charge in [-0.05, 0) is 67.6 Å². The summed E-state index contributed by atoms with van der Waals surface area (Å²) in [5.74, 6) is -1.94. The quantitative estimate of drug-likeness (QED) is 0.168. The number of nitrogens with one attached hydrogen (secondary N) is 2. The number of carbonyl (C=O) groups excluding carboxylic acids is 2. The van der Waals surface area contributed by atoms with E-state index in [1.165, 1.54) is 44.4 Å². The minimum Gasteiger partial charge on any atom is -0.493 e. The monoisotopic (exact) mass is 669 g/mol. The minimum absolute atomic E-state index is 0.00235. The number of fused-ring (bicyclic) bond motifs is 1. The third-order valence-corrected chi connectivity index (χ3v) is 7.90. The van der Waals surface area contributed by atoms with Crippen LogP contribution in [0.5, 0.6) is 17.2 Å². The molecule has 48 heavy (non-hydrogen) atoms. The number of methoxy groups -OCH3 is 1. The Bertz CT molecular complexity index is 1810. The number of alkyl halides is 3. The van der Waals surface area contributed by atoms with Crippen LogP contribution in [0.25, 0.3) is 11.3 Å². The molecule has 5 rings (SSSR count). The largest absolute Gasteiger partial charge is 0.493 e. The van der Waals surface area contributed by atoms with Crippen molar-refractivity contribution in [1.82, 2.24) is 10.3 Å². The van der Waals surface area contributed by atoms with Gasteiger partial charge in [-0.1, -0.05) is 18.2 Å². The number of rotatable bonds is 11. The van der Waals surface area contributed by atoms with Gasteiger partial charge in [-0.25, -0.2) is 9.37 Å². The lowest BCUT2D eigenvalue weighted by Crippen LogP contribution is -2.51. The molecule has 0 bridgehead atoms. The molecule has 4 N–H and O–H groups in total. The molecule has 2 heterocycles. The molecule has 10 nitrogen and oxygen atoms in total. The second-order valence-corrected chi connectivity index (χ2v) is 11.2. The fraction of sp³-hybridized carbons (Fsp3) is 0.265. The Hall–Kier alpha value is -5.21. The van der Waals surface area contributed by atoms with E-state index in [0.29, 0.717) is 5.69 Å². The average Bonchev–Trinajstić information content (AvgIpc) is 3.43. The zero-order valence-electron chi connectivity index (χ0n) is 25.7. The fourth-order valence-electron chi connectivity index (χ4n) is 5.11. The van der Waals surface area contributed by atoms with E-state index in [2.05, 4.69) is 15.6 Å². The highest BCUT2D eigenvalue weighted by Gasteiger charge is 2.58. The number of carbonyl (C=O) groups is 2. The zero-order chi connectivity index (χ0) is 34.7. The number of pyridine rings is 1. The standard InChI is InChI=1S/C34H31F4N3O7/c1-32(31(44)40-23-6-4-3-5-7-23)19-48-29-24(32)17-27(41-28(29)20-8-11-22(35)12-9-20)33(45,34(36,37)38)18-39-30(43)21-10-13-25(47-15-14-42)26(16-21)46-2/h3-13,16-17,42,45H,14-15,18-19H2,1-2H3,(H,39,43)(H,40,44)/t32-,33?/m0/s1. The third kappa shape index (κ3) is 6.62. The first-order chi connectivity index (χ1) is 22.8. The second kappa shape index (κ2) is 13.5. The molecule has 0 spiro atoms. The number of hydrogen-bond donors (Lipinski definition) is 4. The molecule has 0 fully saturated rings. The molecule has 1 unspecified atom stereocenters. The van der Waals surface area contributed by atoms with E-state index in [0.717, 1.165) is 18.2 Å².